The number of carbonyl (C=O) groups is 3. The summed E-state index contributed by atoms with van der Waals surface area (Å²) >= 11 is 0. The largest absolute Gasteiger partial charge is 0.444 e. The zero-order chi connectivity index (χ0) is 21.4. The van der Waals surface area contributed by atoms with Crippen LogP contribution in [0.25, 0.3) is 0 Å². The van der Waals surface area contributed by atoms with Crippen molar-refractivity contribution in [1.29, 1.82) is 0 Å². The second-order valence-corrected chi connectivity index (χ2v) is 7.29. The topological polar surface area (TPSA) is 96.5 Å². The van der Waals surface area contributed by atoms with E-state index in [4.69, 9.17) is 4.74 Å². The lowest BCUT2D eigenvalue weighted by molar-refractivity contribution is -0.120. The van der Waals surface area contributed by atoms with Gasteiger partial charge in [0.2, 0.25) is 5.91 Å². The van der Waals surface area contributed by atoms with Crippen molar-refractivity contribution in [2.75, 3.05) is 11.9 Å². The van der Waals surface area contributed by atoms with Gasteiger partial charge in [0.1, 0.15) is 18.0 Å². The lowest BCUT2D eigenvalue weighted by atomic mass is 10.1. The van der Waals surface area contributed by atoms with Crippen LogP contribution in [0.3, 0.4) is 0 Å². The molecule has 0 aliphatic heterocycles. The minimum atomic E-state index is -0.668. The molecule has 0 bridgehead atoms. The smallest absolute Gasteiger partial charge is 0.408 e. The Bertz CT molecular complexity index is 876. The maximum absolute atomic E-state index is 13.0. The van der Waals surface area contributed by atoms with Crippen molar-refractivity contribution < 1.29 is 23.5 Å². The van der Waals surface area contributed by atoms with Gasteiger partial charge in [-0.25, -0.2) is 9.18 Å². The van der Waals surface area contributed by atoms with Crippen molar-refractivity contribution in [2.24, 2.45) is 0 Å². The first-order valence-corrected chi connectivity index (χ1v) is 9.02. The normalized spacial score (nSPS) is 10.8. The van der Waals surface area contributed by atoms with Crippen LogP contribution in [0.1, 0.15) is 36.7 Å². The van der Waals surface area contributed by atoms with E-state index in [0.29, 0.717) is 11.3 Å². The van der Waals surface area contributed by atoms with Gasteiger partial charge in [0.25, 0.3) is 5.91 Å². The number of halogens is 1. The van der Waals surface area contributed by atoms with Crippen LogP contribution in [0, 0.1) is 5.82 Å². The van der Waals surface area contributed by atoms with Crippen molar-refractivity contribution in [1.82, 2.24) is 10.6 Å². The van der Waals surface area contributed by atoms with Gasteiger partial charge in [0.15, 0.2) is 0 Å². The number of nitrogens with one attached hydrogen (secondary N) is 3. The second-order valence-electron chi connectivity index (χ2n) is 7.29. The fourth-order valence-electron chi connectivity index (χ4n) is 2.29. The highest BCUT2D eigenvalue weighted by Crippen LogP contribution is 2.13. The van der Waals surface area contributed by atoms with Crippen LogP contribution in [0.2, 0.25) is 0 Å². The molecule has 8 heteroatoms. The molecule has 0 heterocycles. The highest BCUT2D eigenvalue weighted by atomic mass is 19.1. The molecule has 0 radical (unpaired) electrons. The Morgan fingerprint density at radius 3 is 2.34 bits per heavy atom. The van der Waals surface area contributed by atoms with Gasteiger partial charge in [0.05, 0.1) is 0 Å². The van der Waals surface area contributed by atoms with Crippen molar-refractivity contribution >= 4 is 23.6 Å². The predicted octanol–water partition coefficient (Wildman–Crippen LogP) is 3.22. The molecular weight excluding hydrogens is 377 g/mol. The molecule has 2 aromatic rings. The van der Waals surface area contributed by atoms with Crippen LogP contribution < -0.4 is 16.0 Å². The average Bonchev–Trinajstić information content (AvgIpc) is 2.64. The van der Waals surface area contributed by atoms with E-state index in [1.807, 2.05) is 0 Å². The first-order valence-electron chi connectivity index (χ1n) is 9.02. The standard InChI is InChI=1S/C21H24FN3O4/c1-21(2,3)29-20(28)24-13-18(26)23-12-14-5-4-6-17(11-14)25-19(27)15-7-9-16(22)10-8-15/h4-11H,12-13H2,1-3H3,(H,23,26)(H,24,28)(H,25,27). The molecule has 0 atom stereocenters. The Morgan fingerprint density at radius 2 is 1.69 bits per heavy atom. The van der Waals surface area contributed by atoms with Gasteiger partial charge in [-0.15, -0.1) is 0 Å². The highest BCUT2D eigenvalue weighted by molar-refractivity contribution is 6.04. The summed E-state index contributed by atoms with van der Waals surface area (Å²) in [5.41, 5.74) is 0.989. The van der Waals surface area contributed by atoms with Crippen LogP contribution in [0.5, 0.6) is 0 Å². The first kappa shape index (κ1) is 21.9. The van der Waals surface area contributed by atoms with E-state index in [0.717, 1.165) is 5.56 Å². The molecule has 2 aromatic carbocycles. The maximum Gasteiger partial charge on any atom is 0.408 e. The summed E-state index contributed by atoms with van der Waals surface area (Å²) in [4.78, 5) is 35.6. The Morgan fingerprint density at radius 1 is 1.00 bits per heavy atom. The Hall–Kier alpha value is -3.42. The van der Waals surface area contributed by atoms with E-state index in [9.17, 15) is 18.8 Å². The molecule has 0 spiro atoms. The summed E-state index contributed by atoms with van der Waals surface area (Å²) < 4.78 is 18.0. The number of alkyl carbamates (subject to hydrolysis) is 1. The Kier molecular flexibility index (Phi) is 7.30. The predicted molar refractivity (Wildman–Crippen MR) is 107 cm³/mol. The van der Waals surface area contributed by atoms with Crippen LogP contribution in [0.4, 0.5) is 14.9 Å². The number of hydrogen-bond acceptors (Lipinski definition) is 4. The lowest BCUT2D eigenvalue weighted by Gasteiger charge is -2.19. The Balaban J connectivity index is 1.83. The summed E-state index contributed by atoms with van der Waals surface area (Å²) in [6.45, 7) is 5.20. The van der Waals surface area contributed by atoms with Crippen molar-refractivity contribution in [3.8, 4) is 0 Å². The number of ether oxygens (including phenoxy) is 1. The van der Waals surface area contributed by atoms with Gasteiger partial charge in [-0.05, 0) is 62.7 Å². The van der Waals surface area contributed by atoms with Crippen LogP contribution in [-0.2, 0) is 16.1 Å². The number of carbonyl (C=O) groups excluding carboxylic acids is 3. The zero-order valence-electron chi connectivity index (χ0n) is 16.5. The van der Waals surface area contributed by atoms with Gasteiger partial charge in [0, 0.05) is 17.8 Å². The molecule has 0 saturated heterocycles. The Labute approximate surface area is 168 Å². The second kappa shape index (κ2) is 9.68. The van der Waals surface area contributed by atoms with Gasteiger partial charge in [-0.3, -0.25) is 9.59 Å². The summed E-state index contributed by atoms with van der Waals surface area (Å²) in [6, 6.07) is 12.2. The van der Waals surface area contributed by atoms with E-state index in [-0.39, 0.29) is 24.9 Å². The molecule has 0 saturated carbocycles. The van der Waals surface area contributed by atoms with Crippen LogP contribution >= 0.6 is 0 Å². The van der Waals surface area contributed by atoms with E-state index in [2.05, 4.69) is 16.0 Å². The van der Waals surface area contributed by atoms with E-state index in [1.54, 1.807) is 45.0 Å². The van der Waals surface area contributed by atoms with Crippen molar-refractivity contribution in [2.45, 2.75) is 32.9 Å². The average molecular weight is 401 g/mol. The molecule has 3 N–H and O–H groups in total. The fourth-order valence-corrected chi connectivity index (χ4v) is 2.29. The molecule has 0 aromatic heterocycles. The highest BCUT2D eigenvalue weighted by Gasteiger charge is 2.16. The SMILES string of the molecule is CC(C)(C)OC(=O)NCC(=O)NCc1cccc(NC(=O)c2ccc(F)cc2)c1. The van der Waals surface area contributed by atoms with Crippen LogP contribution in [0.15, 0.2) is 48.5 Å². The van der Waals surface area contributed by atoms with Gasteiger partial charge in [-0.2, -0.15) is 0 Å². The fraction of sp³-hybridized carbons (Fsp3) is 0.286. The van der Waals surface area contributed by atoms with E-state index < -0.39 is 17.5 Å². The van der Waals surface area contributed by atoms with Crippen molar-refractivity contribution in [3.05, 3.63) is 65.5 Å². The summed E-state index contributed by atoms with van der Waals surface area (Å²) in [6.07, 6.45) is -0.668. The third kappa shape index (κ3) is 8.00. The molecule has 154 valence electrons. The molecule has 3 amide bonds. The zero-order valence-corrected chi connectivity index (χ0v) is 16.5. The number of amides is 3. The minimum Gasteiger partial charge on any atom is -0.444 e. The quantitative estimate of drug-likeness (QED) is 0.692. The molecule has 7 nitrogen and oxygen atoms in total. The molecule has 0 aliphatic carbocycles. The number of hydrogen-bond donors (Lipinski definition) is 3. The summed E-state index contributed by atoms with van der Waals surface area (Å²) in [5, 5.41) is 7.77. The van der Waals surface area contributed by atoms with Crippen molar-refractivity contribution in [3.63, 3.8) is 0 Å². The molecule has 29 heavy (non-hydrogen) atoms. The third-order valence-electron chi connectivity index (χ3n) is 3.57. The molecule has 0 unspecified atom stereocenters. The number of benzene rings is 2. The monoisotopic (exact) mass is 401 g/mol. The summed E-state index contributed by atoms with van der Waals surface area (Å²) in [5.74, 6) is -1.16. The van der Waals surface area contributed by atoms with E-state index >= 15 is 0 Å². The van der Waals surface area contributed by atoms with Gasteiger partial charge < -0.3 is 20.7 Å². The maximum atomic E-state index is 13.0. The van der Waals surface area contributed by atoms with Gasteiger partial charge in [-0.1, -0.05) is 12.1 Å². The number of anilines is 1. The third-order valence-corrected chi connectivity index (χ3v) is 3.57. The summed E-state index contributed by atoms with van der Waals surface area (Å²) in [7, 11) is 0. The molecule has 0 fully saturated rings. The van der Waals surface area contributed by atoms with Gasteiger partial charge >= 0.3 is 6.09 Å². The molecule has 2 rings (SSSR count). The molecule has 0 aliphatic rings. The minimum absolute atomic E-state index is 0.212. The number of rotatable bonds is 6. The van der Waals surface area contributed by atoms with E-state index in [1.165, 1.54) is 24.3 Å². The lowest BCUT2D eigenvalue weighted by Crippen LogP contribution is -2.39. The van der Waals surface area contributed by atoms with Crippen LogP contribution in [-0.4, -0.2) is 30.1 Å². The molecular formula is C21H24FN3O4. The first-order chi connectivity index (χ1) is 13.6.